The minimum Gasteiger partial charge on any atom is -0.477 e. The smallest absolute Gasteiger partial charge is 0.267 e. The summed E-state index contributed by atoms with van der Waals surface area (Å²) in [5.41, 5.74) is 1.36. The van der Waals surface area contributed by atoms with Gasteiger partial charge in [0, 0.05) is 25.6 Å². The monoisotopic (exact) mass is 365 g/mol. The van der Waals surface area contributed by atoms with Crippen LogP contribution in [0.5, 0.6) is 5.75 Å². The lowest BCUT2D eigenvalue weighted by molar-refractivity contribution is -0.151. The molecule has 5 heteroatoms. The van der Waals surface area contributed by atoms with Crippen molar-refractivity contribution in [3.8, 4) is 5.75 Å². The molecular weight excluding hydrogens is 338 g/mol. The largest absolute Gasteiger partial charge is 0.477 e. The van der Waals surface area contributed by atoms with Gasteiger partial charge in [0.05, 0.1) is 11.7 Å². The molecule has 2 fully saturated rings. The molecule has 0 bridgehead atoms. The summed E-state index contributed by atoms with van der Waals surface area (Å²) in [6.45, 7) is 4.41. The Kier molecular flexibility index (Phi) is 5.12. The third-order valence-electron chi connectivity index (χ3n) is 5.68. The summed E-state index contributed by atoms with van der Waals surface area (Å²) in [6.07, 6.45) is 5.14. The fourth-order valence-electron chi connectivity index (χ4n) is 4.17. The molecule has 5 nitrogen and oxygen atoms in total. The maximum atomic E-state index is 13.7. The topological polar surface area (TPSA) is 54.5 Å². The number of nitrogens with zero attached hydrogens (tertiary/aromatic N) is 2. The van der Waals surface area contributed by atoms with Crippen LogP contribution >= 0.6 is 0 Å². The Morgan fingerprint density at radius 1 is 1.19 bits per heavy atom. The average Bonchev–Trinajstić information content (AvgIpc) is 3.20. The molecule has 27 heavy (non-hydrogen) atoms. The molecule has 2 aliphatic heterocycles. The number of pyridine rings is 1. The summed E-state index contributed by atoms with van der Waals surface area (Å²) >= 11 is 0. The van der Waals surface area contributed by atoms with Crippen molar-refractivity contribution in [1.82, 2.24) is 15.2 Å². The molecule has 1 aromatic heterocycles. The quantitative estimate of drug-likeness (QED) is 0.904. The molecule has 3 heterocycles. The zero-order valence-electron chi connectivity index (χ0n) is 15.9. The Bertz CT molecular complexity index is 770. The molecule has 0 unspecified atom stereocenters. The Morgan fingerprint density at radius 3 is 2.67 bits per heavy atom. The van der Waals surface area contributed by atoms with Crippen LogP contribution in [0.15, 0.2) is 48.7 Å². The van der Waals surface area contributed by atoms with Crippen LogP contribution in [0, 0.1) is 6.92 Å². The molecule has 2 aromatic rings. The van der Waals surface area contributed by atoms with Crippen LogP contribution in [0.3, 0.4) is 0 Å². The number of piperidine rings is 1. The molecule has 2 aliphatic rings. The molecule has 2 saturated heterocycles. The number of aromatic nitrogens is 1. The summed E-state index contributed by atoms with van der Waals surface area (Å²) in [6, 6.07) is 14.0. The number of nitrogens with one attached hydrogen (secondary N) is 1. The number of likely N-dealkylation sites (tertiary alicyclic amines) is 1. The van der Waals surface area contributed by atoms with E-state index >= 15 is 0 Å². The highest BCUT2D eigenvalue weighted by Crippen LogP contribution is 2.36. The second-order valence-electron chi connectivity index (χ2n) is 7.57. The van der Waals surface area contributed by atoms with Gasteiger partial charge in [-0.15, -0.1) is 0 Å². The van der Waals surface area contributed by atoms with Gasteiger partial charge in [-0.3, -0.25) is 9.78 Å². The van der Waals surface area contributed by atoms with Crippen LogP contribution in [0.1, 0.15) is 43.0 Å². The molecule has 1 atom stereocenters. The lowest BCUT2D eigenvalue weighted by atomic mass is 9.89. The van der Waals surface area contributed by atoms with Crippen LogP contribution in [-0.4, -0.2) is 41.0 Å². The molecule has 0 radical (unpaired) electrons. The van der Waals surface area contributed by atoms with Gasteiger partial charge in [-0.2, -0.15) is 0 Å². The molecule has 1 amide bonds. The normalized spacial score (nSPS) is 21.8. The molecule has 1 aromatic carbocycles. The van der Waals surface area contributed by atoms with Gasteiger partial charge in [-0.25, -0.2) is 0 Å². The van der Waals surface area contributed by atoms with E-state index in [2.05, 4.69) is 17.2 Å². The second-order valence-corrected chi connectivity index (χ2v) is 7.57. The summed E-state index contributed by atoms with van der Waals surface area (Å²) in [7, 11) is 0. The van der Waals surface area contributed by atoms with Crippen LogP contribution in [0.25, 0.3) is 0 Å². The highest BCUT2D eigenvalue weighted by Gasteiger charge is 2.47. The highest BCUT2D eigenvalue weighted by molar-refractivity contribution is 5.86. The number of carbonyl (C=O) groups is 1. The second kappa shape index (κ2) is 7.69. The maximum Gasteiger partial charge on any atom is 0.267 e. The maximum absolute atomic E-state index is 13.7. The Labute approximate surface area is 160 Å². The van der Waals surface area contributed by atoms with E-state index in [1.807, 2.05) is 47.4 Å². The van der Waals surface area contributed by atoms with E-state index in [0.717, 1.165) is 43.9 Å². The number of aryl methyl sites for hydroxylation is 1. The molecular formula is C22H27N3O2. The third-order valence-corrected chi connectivity index (χ3v) is 5.68. The lowest BCUT2D eigenvalue weighted by Gasteiger charge is -2.40. The Morgan fingerprint density at radius 2 is 1.96 bits per heavy atom. The molecule has 1 N–H and O–H groups in total. The van der Waals surface area contributed by atoms with Crippen LogP contribution in [0.4, 0.5) is 0 Å². The lowest BCUT2D eigenvalue weighted by Crippen LogP contribution is -2.57. The van der Waals surface area contributed by atoms with E-state index in [1.54, 1.807) is 6.20 Å². The number of ether oxygens (including phenoxy) is 1. The molecule has 0 aliphatic carbocycles. The fourth-order valence-corrected chi connectivity index (χ4v) is 4.17. The first-order valence-electron chi connectivity index (χ1n) is 9.86. The van der Waals surface area contributed by atoms with Crippen LogP contribution in [0.2, 0.25) is 0 Å². The number of amides is 1. The van der Waals surface area contributed by atoms with Crippen molar-refractivity contribution >= 4 is 5.91 Å². The summed E-state index contributed by atoms with van der Waals surface area (Å²) in [5, 5.41) is 3.36. The van der Waals surface area contributed by atoms with E-state index in [9.17, 15) is 4.79 Å². The molecule has 4 rings (SSSR count). The van der Waals surface area contributed by atoms with E-state index in [1.165, 1.54) is 5.56 Å². The van der Waals surface area contributed by atoms with Gasteiger partial charge in [-0.05, 0) is 57.1 Å². The molecule has 0 spiro atoms. The van der Waals surface area contributed by atoms with Gasteiger partial charge in [0.15, 0.2) is 5.60 Å². The van der Waals surface area contributed by atoms with Crippen molar-refractivity contribution in [3.63, 3.8) is 0 Å². The SMILES string of the molecule is Cc1ccc(OC2(C(=O)N3CCC[C@H]3c3ccccn3)CCNCC2)cc1. The van der Waals surface area contributed by atoms with E-state index < -0.39 is 5.60 Å². The summed E-state index contributed by atoms with van der Waals surface area (Å²) in [5.74, 6) is 0.877. The molecule has 0 saturated carbocycles. The standard InChI is InChI=1S/C22H27N3O2/c1-17-7-9-18(10-8-17)27-22(11-14-23-15-12-22)21(26)25-16-4-6-20(25)19-5-2-3-13-24-19/h2-3,5,7-10,13,20,23H,4,6,11-12,14-16H2,1H3/t20-/m0/s1. The van der Waals surface area contributed by atoms with Gasteiger partial charge < -0.3 is 15.0 Å². The van der Waals surface area contributed by atoms with Crippen LogP contribution < -0.4 is 10.1 Å². The van der Waals surface area contributed by atoms with E-state index in [0.29, 0.717) is 12.8 Å². The van der Waals surface area contributed by atoms with Gasteiger partial charge >= 0.3 is 0 Å². The first-order chi connectivity index (χ1) is 13.2. The van der Waals surface area contributed by atoms with Gasteiger partial charge in [0.2, 0.25) is 0 Å². The van der Waals surface area contributed by atoms with Gasteiger partial charge in [0.25, 0.3) is 5.91 Å². The minimum absolute atomic E-state index is 0.0482. The van der Waals surface area contributed by atoms with E-state index in [-0.39, 0.29) is 11.9 Å². The van der Waals surface area contributed by atoms with Crippen molar-refractivity contribution in [2.24, 2.45) is 0 Å². The Balaban J connectivity index is 1.61. The van der Waals surface area contributed by atoms with Crippen molar-refractivity contribution in [2.75, 3.05) is 19.6 Å². The zero-order valence-corrected chi connectivity index (χ0v) is 15.9. The first kappa shape index (κ1) is 18.0. The van der Waals surface area contributed by atoms with Crippen molar-refractivity contribution in [3.05, 3.63) is 59.9 Å². The highest BCUT2D eigenvalue weighted by atomic mass is 16.5. The number of hydrogen-bond donors (Lipinski definition) is 1. The predicted molar refractivity (Wildman–Crippen MR) is 105 cm³/mol. The van der Waals surface area contributed by atoms with Crippen molar-refractivity contribution in [2.45, 2.75) is 44.2 Å². The predicted octanol–water partition coefficient (Wildman–Crippen LogP) is 3.25. The van der Waals surface area contributed by atoms with Crippen molar-refractivity contribution < 1.29 is 9.53 Å². The third kappa shape index (κ3) is 3.69. The van der Waals surface area contributed by atoms with Gasteiger partial charge in [-0.1, -0.05) is 23.8 Å². The first-order valence-corrected chi connectivity index (χ1v) is 9.86. The number of carbonyl (C=O) groups excluding carboxylic acids is 1. The number of rotatable bonds is 4. The number of benzene rings is 1. The zero-order chi connectivity index (χ0) is 18.7. The van der Waals surface area contributed by atoms with Crippen molar-refractivity contribution in [1.29, 1.82) is 0 Å². The summed E-state index contributed by atoms with van der Waals surface area (Å²) < 4.78 is 6.40. The molecule has 142 valence electrons. The number of hydrogen-bond acceptors (Lipinski definition) is 4. The average molecular weight is 365 g/mol. The summed E-state index contributed by atoms with van der Waals surface area (Å²) in [4.78, 5) is 20.2. The van der Waals surface area contributed by atoms with Crippen LogP contribution in [-0.2, 0) is 4.79 Å². The minimum atomic E-state index is -0.794. The van der Waals surface area contributed by atoms with E-state index in [4.69, 9.17) is 4.74 Å². The Hall–Kier alpha value is -2.40. The fraction of sp³-hybridized carbons (Fsp3) is 0.455. The van der Waals surface area contributed by atoms with Gasteiger partial charge in [0.1, 0.15) is 5.75 Å².